The van der Waals surface area contributed by atoms with Crippen LogP contribution in [0.5, 0.6) is 0 Å². The van der Waals surface area contributed by atoms with E-state index in [2.05, 4.69) is 0 Å². The number of likely N-dealkylation sites (tertiary alicyclic amines) is 1. The van der Waals surface area contributed by atoms with Crippen molar-refractivity contribution in [3.8, 4) is 0 Å². The number of halogens is 3. The highest BCUT2D eigenvalue weighted by Gasteiger charge is 2.36. The lowest BCUT2D eigenvalue weighted by atomic mass is 10.1. The number of hydrogen-bond acceptors (Lipinski definition) is 2. The first-order chi connectivity index (χ1) is 5.92. The largest absolute Gasteiger partial charge is 0.335 e. The highest BCUT2D eigenvalue weighted by molar-refractivity contribution is 14.1. The Morgan fingerprint density at radius 3 is 2.08 bits per heavy atom. The smallest absolute Gasteiger partial charge is 0.300 e. The Balaban J connectivity index is 2.50. The summed E-state index contributed by atoms with van der Waals surface area (Å²) in [7, 11) is 0. The predicted octanol–water partition coefficient (Wildman–Crippen LogP) is 1.21. The molecule has 0 aromatic heterocycles. The van der Waals surface area contributed by atoms with Crippen molar-refractivity contribution < 1.29 is 18.4 Å². The van der Waals surface area contributed by atoms with Crippen LogP contribution in [0.15, 0.2) is 0 Å². The molecule has 0 radical (unpaired) electrons. The molecule has 1 aliphatic heterocycles. The average molecular weight is 303 g/mol. The third-order valence-electron chi connectivity index (χ3n) is 1.95. The number of nitrogens with zero attached hydrogens (tertiary/aromatic N) is 1. The Bertz CT molecular complexity index is 235. The number of amides is 1. The molecule has 0 unspecified atom stereocenters. The van der Waals surface area contributed by atoms with E-state index < -0.39 is 15.6 Å². The summed E-state index contributed by atoms with van der Waals surface area (Å²) in [5.74, 6) is -3.35. The van der Waals surface area contributed by atoms with E-state index in [1.807, 2.05) is 0 Å². The molecule has 0 aromatic carbocycles. The van der Waals surface area contributed by atoms with Gasteiger partial charge in [0, 0.05) is 48.5 Å². The summed E-state index contributed by atoms with van der Waals surface area (Å²) in [5, 5.41) is 0. The summed E-state index contributed by atoms with van der Waals surface area (Å²) in [6, 6.07) is 0. The van der Waals surface area contributed by atoms with Crippen molar-refractivity contribution in [3.63, 3.8) is 0 Å². The fourth-order valence-corrected chi connectivity index (χ4v) is 1.50. The van der Waals surface area contributed by atoms with E-state index in [0.717, 1.165) is 0 Å². The highest BCUT2D eigenvalue weighted by Crippen LogP contribution is 2.27. The van der Waals surface area contributed by atoms with Gasteiger partial charge in [-0.1, -0.05) is 0 Å². The SMILES string of the molecule is O=C(I)C(=O)N1CCC(F)(F)CC1. The summed E-state index contributed by atoms with van der Waals surface area (Å²) in [6.45, 7) is -0.0544. The Labute approximate surface area is 87.6 Å². The summed E-state index contributed by atoms with van der Waals surface area (Å²) in [4.78, 5) is 22.8. The van der Waals surface area contributed by atoms with Crippen molar-refractivity contribution in [1.29, 1.82) is 0 Å². The van der Waals surface area contributed by atoms with Crippen molar-refractivity contribution in [1.82, 2.24) is 4.90 Å². The van der Waals surface area contributed by atoms with Gasteiger partial charge in [0.05, 0.1) is 0 Å². The maximum absolute atomic E-state index is 12.6. The van der Waals surface area contributed by atoms with E-state index >= 15 is 0 Å². The molecule has 0 bridgehead atoms. The minimum atomic E-state index is -2.68. The molecule has 6 heteroatoms. The van der Waals surface area contributed by atoms with E-state index in [1.165, 1.54) is 27.5 Å². The number of piperidine rings is 1. The van der Waals surface area contributed by atoms with Gasteiger partial charge in [0.25, 0.3) is 9.71 Å². The standard InChI is InChI=1S/C7H8F2INO2/c8-7(9)1-3-11(4-2-7)6(13)5(10)12/h1-4H2. The van der Waals surface area contributed by atoms with E-state index in [4.69, 9.17) is 0 Å². The van der Waals surface area contributed by atoms with Crippen LogP contribution in [-0.4, -0.2) is 33.6 Å². The van der Waals surface area contributed by atoms with Crippen LogP contribution in [0.2, 0.25) is 0 Å². The lowest BCUT2D eigenvalue weighted by Gasteiger charge is -2.30. The molecule has 1 saturated heterocycles. The van der Waals surface area contributed by atoms with Crippen LogP contribution in [0, 0.1) is 0 Å². The molecule has 1 fully saturated rings. The monoisotopic (exact) mass is 303 g/mol. The van der Waals surface area contributed by atoms with Crippen molar-refractivity contribution >= 4 is 32.3 Å². The fourth-order valence-electron chi connectivity index (χ4n) is 1.16. The van der Waals surface area contributed by atoms with Crippen LogP contribution in [-0.2, 0) is 9.59 Å². The van der Waals surface area contributed by atoms with Gasteiger partial charge >= 0.3 is 5.91 Å². The second-order valence-corrected chi connectivity index (χ2v) is 3.90. The third-order valence-corrected chi connectivity index (χ3v) is 2.41. The van der Waals surface area contributed by atoms with Crippen molar-refractivity contribution in [2.75, 3.05) is 13.1 Å². The van der Waals surface area contributed by atoms with Crippen LogP contribution < -0.4 is 0 Å². The zero-order chi connectivity index (χ0) is 10.1. The van der Waals surface area contributed by atoms with Gasteiger partial charge in [-0.3, -0.25) is 9.59 Å². The Hall–Kier alpha value is -0.270. The lowest BCUT2D eigenvalue weighted by molar-refractivity contribution is -0.144. The first-order valence-electron chi connectivity index (χ1n) is 3.79. The topological polar surface area (TPSA) is 37.4 Å². The molecular weight excluding hydrogens is 295 g/mol. The van der Waals surface area contributed by atoms with Gasteiger partial charge in [0.2, 0.25) is 0 Å². The highest BCUT2D eigenvalue weighted by atomic mass is 127. The molecule has 13 heavy (non-hydrogen) atoms. The first kappa shape index (κ1) is 10.8. The van der Waals surface area contributed by atoms with Crippen LogP contribution in [0.1, 0.15) is 12.8 Å². The molecule has 0 N–H and O–H groups in total. The van der Waals surface area contributed by atoms with Crippen LogP contribution in [0.3, 0.4) is 0 Å². The Morgan fingerprint density at radius 2 is 1.69 bits per heavy atom. The van der Waals surface area contributed by atoms with Gasteiger partial charge in [-0.15, -0.1) is 0 Å². The molecule has 3 nitrogen and oxygen atoms in total. The second-order valence-electron chi connectivity index (χ2n) is 2.92. The number of hydrogen-bond donors (Lipinski definition) is 0. The van der Waals surface area contributed by atoms with Gasteiger partial charge in [-0.05, 0) is 0 Å². The number of carbonyl (C=O) groups is 2. The van der Waals surface area contributed by atoms with Gasteiger partial charge in [-0.2, -0.15) is 0 Å². The van der Waals surface area contributed by atoms with Crippen molar-refractivity contribution in [2.24, 2.45) is 0 Å². The molecule has 0 saturated carbocycles. The molecule has 1 heterocycles. The summed E-state index contributed by atoms with van der Waals surface area (Å²) in [5.41, 5.74) is 0. The summed E-state index contributed by atoms with van der Waals surface area (Å²) in [6.07, 6.45) is -0.689. The van der Waals surface area contributed by atoms with E-state index in [9.17, 15) is 18.4 Å². The minimum absolute atomic E-state index is 0.0272. The van der Waals surface area contributed by atoms with E-state index in [-0.39, 0.29) is 25.9 Å². The number of carbonyl (C=O) groups excluding carboxylic acids is 2. The molecular formula is C7H8F2INO2. The van der Waals surface area contributed by atoms with Crippen LogP contribution in [0.4, 0.5) is 8.78 Å². The maximum Gasteiger partial charge on any atom is 0.300 e. The fraction of sp³-hybridized carbons (Fsp3) is 0.714. The molecule has 74 valence electrons. The van der Waals surface area contributed by atoms with E-state index in [0.29, 0.717) is 0 Å². The third kappa shape index (κ3) is 2.85. The first-order valence-corrected chi connectivity index (χ1v) is 4.87. The molecule has 1 rings (SSSR count). The number of alkyl halides is 2. The Kier molecular flexibility index (Phi) is 3.20. The van der Waals surface area contributed by atoms with E-state index in [1.54, 1.807) is 0 Å². The molecule has 0 spiro atoms. The van der Waals surface area contributed by atoms with Crippen LogP contribution >= 0.6 is 22.6 Å². The summed E-state index contributed by atoms with van der Waals surface area (Å²) < 4.78 is 24.6. The Morgan fingerprint density at radius 1 is 1.23 bits per heavy atom. The van der Waals surface area contributed by atoms with Gasteiger partial charge in [-0.25, -0.2) is 8.78 Å². The summed E-state index contributed by atoms with van der Waals surface area (Å²) >= 11 is 1.36. The molecule has 1 aliphatic rings. The predicted molar refractivity (Wildman–Crippen MR) is 49.8 cm³/mol. The van der Waals surface area contributed by atoms with Crippen LogP contribution in [0.25, 0.3) is 0 Å². The quantitative estimate of drug-likeness (QED) is 0.415. The normalized spacial score (nSPS) is 21.3. The van der Waals surface area contributed by atoms with Gasteiger partial charge in [0.15, 0.2) is 0 Å². The molecule has 0 atom stereocenters. The van der Waals surface area contributed by atoms with Crippen molar-refractivity contribution in [2.45, 2.75) is 18.8 Å². The maximum atomic E-state index is 12.6. The molecule has 0 aliphatic carbocycles. The minimum Gasteiger partial charge on any atom is -0.335 e. The second kappa shape index (κ2) is 3.85. The van der Waals surface area contributed by atoms with Gasteiger partial charge < -0.3 is 4.90 Å². The zero-order valence-electron chi connectivity index (χ0n) is 6.73. The number of rotatable bonds is 1. The molecule has 0 aromatic rings. The average Bonchev–Trinajstić information content (AvgIpc) is 2.03. The molecule has 1 amide bonds. The zero-order valence-corrected chi connectivity index (χ0v) is 8.88. The van der Waals surface area contributed by atoms with Crippen molar-refractivity contribution in [3.05, 3.63) is 0 Å². The lowest BCUT2D eigenvalue weighted by Crippen LogP contribution is -2.44. The van der Waals surface area contributed by atoms with Gasteiger partial charge in [0.1, 0.15) is 0 Å².